The Bertz CT molecular complexity index is 2130. The second kappa shape index (κ2) is 31.5. The van der Waals surface area contributed by atoms with Crippen LogP contribution in [0.25, 0.3) is 0 Å². The van der Waals surface area contributed by atoms with Crippen LogP contribution in [0.1, 0.15) is 0 Å². The van der Waals surface area contributed by atoms with Crippen molar-refractivity contribution >= 4 is 0 Å². The summed E-state index contributed by atoms with van der Waals surface area (Å²) in [6, 6.07) is 0. The predicted octanol–water partition coefficient (Wildman–Crippen LogP) is -18.5. The van der Waals surface area contributed by atoms with Gasteiger partial charge >= 0.3 is 0 Å². The highest BCUT2D eigenvalue weighted by Crippen LogP contribution is 2.39. The van der Waals surface area contributed by atoms with Crippen LogP contribution >= 0.6 is 0 Å². The Balaban J connectivity index is 0.965. The maximum Gasteiger partial charge on any atom is 0.187 e. The summed E-state index contributed by atoms with van der Waals surface area (Å²) < 4.78 is 83.5. The van der Waals surface area contributed by atoms with Crippen molar-refractivity contribution in [1.29, 1.82) is 0 Å². The van der Waals surface area contributed by atoms with Crippen LogP contribution in [0.3, 0.4) is 0 Å². The van der Waals surface area contributed by atoms with Gasteiger partial charge in [0.25, 0.3) is 0 Å². The van der Waals surface area contributed by atoms with E-state index in [0.717, 1.165) is 0 Å². The number of hydrogen-bond donors (Lipinski definition) is 26. The van der Waals surface area contributed by atoms with E-state index >= 15 is 0 Å². The van der Waals surface area contributed by atoms with Crippen LogP contribution < -0.4 is 0 Å². The van der Waals surface area contributed by atoms with Gasteiger partial charge in [-0.15, -0.1) is 0 Å². The minimum atomic E-state index is -2.38. The molecule has 26 N–H and O–H groups in total. The van der Waals surface area contributed by atoms with Gasteiger partial charge in [0, 0.05) is 0 Å². The summed E-state index contributed by atoms with van der Waals surface area (Å²) in [5.74, 6) is 0. The Morgan fingerprint density at radius 2 is 0.326 bits per heavy atom. The van der Waals surface area contributed by atoms with Crippen LogP contribution in [0.5, 0.6) is 0 Å². The largest absolute Gasteiger partial charge is 0.394 e. The summed E-state index contributed by atoms with van der Waals surface area (Å²) in [7, 11) is 0. The van der Waals surface area contributed by atoms with E-state index in [0.29, 0.717) is 0 Å². The zero-order valence-electron chi connectivity index (χ0n) is 46.5. The van der Waals surface area contributed by atoms with Gasteiger partial charge in [-0.1, -0.05) is 0 Å². The lowest BCUT2D eigenvalue weighted by atomic mass is 9.95. The summed E-state index contributed by atoms with van der Waals surface area (Å²) in [5, 5.41) is 281. The van der Waals surface area contributed by atoms with Crippen LogP contribution in [0.4, 0.5) is 0 Å². The molecule has 41 nitrogen and oxygen atoms in total. The summed E-state index contributed by atoms with van der Waals surface area (Å²) >= 11 is 0. The van der Waals surface area contributed by atoms with Crippen molar-refractivity contribution in [3.8, 4) is 0 Å². The first-order valence-corrected chi connectivity index (χ1v) is 28.2. The van der Waals surface area contributed by atoms with Crippen LogP contribution in [0.15, 0.2) is 0 Å². The van der Waals surface area contributed by atoms with Gasteiger partial charge in [-0.25, -0.2) is 0 Å². The molecule has 41 heteroatoms. The van der Waals surface area contributed by atoms with Gasteiger partial charge in [-0.2, -0.15) is 0 Å². The van der Waals surface area contributed by atoms with Crippen molar-refractivity contribution < 1.29 is 204 Å². The molecule has 0 aromatic rings. The van der Waals surface area contributed by atoms with Gasteiger partial charge < -0.3 is 204 Å². The molecule has 8 aliphatic heterocycles. The average molecular weight is 1320 g/mol. The molecule has 8 aliphatic rings. The molecule has 0 aromatic heterocycles. The van der Waals surface area contributed by atoms with Crippen LogP contribution in [-0.2, 0) is 71.1 Å². The minimum absolute atomic E-state index is 0.895. The predicted molar refractivity (Wildman–Crippen MR) is 264 cm³/mol. The van der Waals surface area contributed by atoms with Crippen molar-refractivity contribution in [2.45, 2.75) is 246 Å². The van der Waals surface area contributed by atoms with Gasteiger partial charge in [-0.3, -0.25) is 0 Å². The van der Waals surface area contributed by atoms with Gasteiger partial charge in [0.2, 0.25) is 0 Å². The number of aliphatic hydroxyl groups is 26. The second-order valence-corrected chi connectivity index (χ2v) is 22.4. The summed E-state index contributed by atoms with van der Waals surface area (Å²) in [6.45, 7) is -8.32. The topological polar surface area (TPSA) is 664 Å². The molecule has 40 atom stereocenters. The minimum Gasteiger partial charge on any atom is -0.394 e. The third kappa shape index (κ3) is 15.0. The van der Waals surface area contributed by atoms with Crippen molar-refractivity contribution in [3.63, 3.8) is 0 Å². The highest BCUT2D eigenvalue weighted by Gasteiger charge is 2.60. The smallest absolute Gasteiger partial charge is 0.187 e. The Morgan fingerprint density at radius 1 is 0.169 bits per heavy atom. The average Bonchev–Trinajstić information content (AvgIpc) is 2.87. The second-order valence-electron chi connectivity index (χ2n) is 22.4. The fourth-order valence-corrected chi connectivity index (χ4v) is 11.4. The quantitative estimate of drug-likeness (QED) is 0.0479. The first-order chi connectivity index (χ1) is 42.2. The van der Waals surface area contributed by atoms with E-state index < -0.39 is 299 Å². The molecule has 0 radical (unpaired) electrons. The summed E-state index contributed by atoms with van der Waals surface area (Å²) in [6.07, 6.45) is -81.9. The molecule has 8 unspecified atom stereocenters. The molecule has 0 saturated carbocycles. The molecule has 8 heterocycles. The van der Waals surface area contributed by atoms with E-state index in [1.54, 1.807) is 0 Å². The molecule has 8 saturated heterocycles. The fourth-order valence-electron chi connectivity index (χ4n) is 11.4. The lowest BCUT2D eigenvalue weighted by Crippen LogP contribution is -2.69. The molecule has 0 aromatic carbocycles. The van der Waals surface area contributed by atoms with Crippen LogP contribution in [-0.4, -0.2) is 431 Å². The molecule has 0 aliphatic carbocycles. The third-order valence-electron chi connectivity index (χ3n) is 16.7. The SMILES string of the molecule is OC[C@H]1OC(O[C@H]2[C@H](O)[C@@H](CO)OC(O[C@H]3[C@H](O)[C@@H](CO)OC(O[C@H]4[C@H](O)[C@@H](CO)OC(O[C@H]5[C@H](O)[C@@H](CO)OC(O[C@H]6[C@H](O)[C@@H](CO)OC(O[C@H]7[C@H](O)[C@@H](CO)OC(O[C@H]8[C@H](O)[C@@H](CO)OC(O)[C@H]8O)[C@H]7O)[C@H]6O)[C@H]5O)[C@H]4O)[C@H]3O)[C@H]2O)[C@@H](O)[C@@H](O)[C@@H]1O. The van der Waals surface area contributed by atoms with Crippen LogP contribution in [0, 0.1) is 0 Å². The van der Waals surface area contributed by atoms with Crippen LogP contribution in [0.2, 0.25) is 0 Å². The van der Waals surface area contributed by atoms with Crippen molar-refractivity contribution in [2.75, 3.05) is 52.9 Å². The van der Waals surface area contributed by atoms with Gasteiger partial charge in [0.05, 0.1) is 52.9 Å². The van der Waals surface area contributed by atoms with E-state index in [-0.39, 0.29) is 0 Å². The fraction of sp³-hybridized carbons (Fsp3) is 1.00. The Labute approximate surface area is 501 Å². The highest BCUT2D eigenvalue weighted by atomic mass is 16.8. The number of rotatable bonds is 22. The number of hydrogen-bond acceptors (Lipinski definition) is 41. The summed E-state index contributed by atoms with van der Waals surface area (Å²) in [5.41, 5.74) is 0. The Kier molecular flexibility index (Phi) is 25.9. The highest BCUT2D eigenvalue weighted by molar-refractivity contribution is 5.02. The lowest BCUT2D eigenvalue weighted by Gasteiger charge is -2.50. The van der Waals surface area contributed by atoms with Gasteiger partial charge in [-0.05, 0) is 0 Å². The Hall–Kier alpha value is -1.64. The molecule has 89 heavy (non-hydrogen) atoms. The standard InChI is InChI=1S/C48H82O41/c49-1-9-17(57)25(65)26(66)42(76-9)84-35-19(59)11(3-51)78-44(28(35)68)86-37-21(61)13(5-53)80-46(30(37)70)88-39-23(63)15(7-55)82-48(32(39)72)89-40-24(64)16(8-56)81-47(33(40)73)87-38-22(62)14(6-54)79-45(31(38)71)85-36-20(60)12(4-52)77-43(29(36)69)83-34-18(58)10(2-50)75-41(74)27(34)67/h9-74H,1-8H2/t9-,10-,11-,12-,13-,14-,15-,16-,17-,18-,19-,20-,21-,22-,23-,24-,25+,26+,27+,28+,29+,30+,31+,32+,33+,34+,35+,36+,37+,38+,39+,40+,41?,42?,43?,44?,45?,46?,47?,48?/m1/s1. The first kappa shape index (κ1) is 73.2. The zero-order chi connectivity index (χ0) is 65.4. The van der Waals surface area contributed by atoms with Gasteiger partial charge in [0.1, 0.15) is 195 Å². The maximum atomic E-state index is 11.8. The molecule has 0 bridgehead atoms. The maximum absolute atomic E-state index is 11.8. The van der Waals surface area contributed by atoms with Crippen molar-refractivity contribution in [2.24, 2.45) is 0 Å². The van der Waals surface area contributed by atoms with E-state index in [4.69, 9.17) is 71.1 Å². The zero-order valence-corrected chi connectivity index (χ0v) is 46.5. The molecule has 0 amide bonds. The molecule has 8 fully saturated rings. The van der Waals surface area contributed by atoms with E-state index in [1.807, 2.05) is 0 Å². The molecular formula is C48H82O41. The molecule has 8 rings (SSSR count). The lowest BCUT2D eigenvalue weighted by molar-refractivity contribution is -0.402. The molecule has 0 spiro atoms. The monoisotopic (exact) mass is 1310 g/mol. The van der Waals surface area contributed by atoms with Crippen molar-refractivity contribution in [3.05, 3.63) is 0 Å². The van der Waals surface area contributed by atoms with Gasteiger partial charge in [0.15, 0.2) is 50.3 Å². The molecule has 520 valence electrons. The normalized spacial score (nSPS) is 53.6. The van der Waals surface area contributed by atoms with E-state index in [1.165, 1.54) is 0 Å². The summed E-state index contributed by atoms with van der Waals surface area (Å²) in [4.78, 5) is 0. The number of aliphatic hydroxyl groups excluding tert-OH is 26. The van der Waals surface area contributed by atoms with Crippen molar-refractivity contribution in [1.82, 2.24) is 0 Å². The number of ether oxygens (including phenoxy) is 15. The Morgan fingerprint density at radius 3 is 0.517 bits per heavy atom. The van der Waals surface area contributed by atoms with E-state index in [9.17, 15) is 133 Å². The first-order valence-electron chi connectivity index (χ1n) is 28.2. The molecular weight excluding hydrogens is 1230 g/mol. The third-order valence-corrected chi connectivity index (χ3v) is 16.7. The van der Waals surface area contributed by atoms with E-state index in [2.05, 4.69) is 0 Å².